The van der Waals surface area contributed by atoms with Crippen molar-refractivity contribution in [3.05, 3.63) is 83.0 Å². The van der Waals surface area contributed by atoms with Crippen LogP contribution in [0.2, 0.25) is 5.02 Å². The Kier molecular flexibility index (Phi) is 5.25. The van der Waals surface area contributed by atoms with Gasteiger partial charge in [0, 0.05) is 18.3 Å². The van der Waals surface area contributed by atoms with E-state index in [1.54, 1.807) is 12.1 Å². The number of fused-ring (bicyclic) bond motifs is 1. The number of benzene rings is 2. The summed E-state index contributed by atoms with van der Waals surface area (Å²) in [6.45, 7) is 0.434. The first-order valence-electron chi connectivity index (χ1n) is 9.09. The number of carbonyl (C=O) groups is 1. The first kappa shape index (κ1) is 19.4. The SMILES string of the molecule is O=C(Nc1ccc(Cl)cn1)c1ccc(S(=O)(=O)N2CCCc3ccccc32)cc1. The van der Waals surface area contributed by atoms with Gasteiger partial charge in [-0.05, 0) is 60.9 Å². The second-order valence-corrected chi connectivity index (χ2v) is 8.95. The highest BCUT2D eigenvalue weighted by molar-refractivity contribution is 7.92. The van der Waals surface area contributed by atoms with Gasteiger partial charge in [-0.15, -0.1) is 0 Å². The minimum atomic E-state index is -3.71. The Morgan fingerprint density at radius 3 is 2.52 bits per heavy atom. The zero-order chi connectivity index (χ0) is 20.4. The van der Waals surface area contributed by atoms with Gasteiger partial charge in [0.1, 0.15) is 5.82 Å². The summed E-state index contributed by atoms with van der Waals surface area (Å²) in [5.41, 5.74) is 2.07. The fourth-order valence-electron chi connectivity index (χ4n) is 3.29. The van der Waals surface area contributed by atoms with Crippen LogP contribution in [0.4, 0.5) is 11.5 Å². The molecule has 0 saturated heterocycles. The number of pyridine rings is 1. The molecule has 1 aliphatic rings. The summed E-state index contributed by atoms with van der Waals surface area (Å²) in [6.07, 6.45) is 3.06. The Morgan fingerprint density at radius 1 is 1.03 bits per heavy atom. The maximum Gasteiger partial charge on any atom is 0.264 e. The van der Waals surface area contributed by atoms with Crippen LogP contribution in [-0.2, 0) is 16.4 Å². The summed E-state index contributed by atoms with van der Waals surface area (Å²) in [7, 11) is -3.71. The Bertz CT molecular complexity index is 1150. The standard InChI is InChI=1S/C21H18ClN3O3S/c22-17-9-12-20(23-14-17)24-21(26)16-7-10-18(11-8-16)29(27,28)25-13-3-5-15-4-1-2-6-19(15)25/h1-2,4,6-12,14H,3,5,13H2,(H,23,24,26). The van der Waals surface area contributed by atoms with Gasteiger partial charge in [-0.2, -0.15) is 0 Å². The lowest BCUT2D eigenvalue weighted by Gasteiger charge is -2.30. The van der Waals surface area contributed by atoms with Crippen molar-refractivity contribution < 1.29 is 13.2 Å². The molecular formula is C21H18ClN3O3S. The molecule has 0 bridgehead atoms. The molecule has 1 N–H and O–H groups in total. The van der Waals surface area contributed by atoms with Crippen molar-refractivity contribution in [3.8, 4) is 0 Å². The lowest BCUT2D eigenvalue weighted by atomic mass is 10.0. The molecular weight excluding hydrogens is 410 g/mol. The predicted octanol–water partition coefficient (Wildman–Crippen LogP) is 4.13. The number of sulfonamides is 1. The fourth-order valence-corrected chi connectivity index (χ4v) is 4.95. The largest absolute Gasteiger partial charge is 0.307 e. The van der Waals surface area contributed by atoms with Gasteiger partial charge in [-0.1, -0.05) is 29.8 Å². The maximum absolute atomic E-state index is 13.2. The van der Waals surface area contributed by atoms with E-state index in [4.69, 9.17) is 11.6 Å². The van der Waals surface area contributed by atoms with E-state index in [1.165, 1.54) is 34.8 Å². The molecule has 4 rings (SSSR count). The van der Waals surface area contributed by atoms with Crippen LogP contribution in [0.25, 0.3) is 0 Å². The van der Waals surface area contributed by atoms with Crippen LogP contribution < -0.4 is 9.62 Å². The van der Waals surface area contributed by atoms with Crippen LogP contribution in [0.1, 0.15) is 22.3 Å². The van der Waals surface area contributed by atoms with Gasteiger partial charge in [0.25, 0.3) is 15.9 Å². The van der Waals surface area contributed by atoms with Gasteiger partial charge in [0.15, 0.2) is 0 Å². The van der Waals surface area contributed by atoms with Crippen LogP contribution in [0.3, 0.4) is 0 Å². The number of hydrogen-bond acceptors (Lipinski definition) is 4. The van der Waals surface area contributed by atoms with Crippen molar-refractivity contribution in [3.63, 3.8) is 0 Å². The highest BCUT2D eigenvalue weighted by atomic mass is 35.5. The third-order valence-corrected chi connectivity index (χ3v) is 6.79. The van der Waals surface area contributed by atoms with E-state index >= 15 is 0 Å². The normalized spacial score (nSPS) is 13.6. The molecule has 148 valence electrons. The Hall–Kier alpha value is -2.90. The quantitative estimate of drug-likeness (QED) is 0.679. The van der Waals surface area contributed by atoms with Gasteiger partial charge in [-0.3, -0.25) is 9.10 Å². The van der Waals surface area contributed by atoms with Crippen LogP contribution in [0, 0.1) is 0 Å². The number of rotatable bonds is 4. The number of aromatic nitrogens is 1. The summed E-state index contributed by atoms with van der Waals surface area (Å²) in [6, 6.07) is 16.6. The van der Waals surface area contributed by atoms with Gasteiger partial charge in [0.2, 0.25) is 0 Å². The number of aryl methyl sites for hydroxylation is 1. The minimum Gasteiger partial charge on any atom is -0.307 e. The first-order chi connectivity index (χ1) is 13.9. The highest BCUT2D eigenvalue weighted by Crippen LogP contribution is 2.31. The molecule has 1 aliphatic heterocycles. The summed E-state index contributed by atoms with van der Waals surface area (Å²) in [5.74, 6) is -0.0203. The molecule has 2 aromatic carbocycles. The van der Waals surface area contributed by atoms with Crippen LogP contribution >= 0.6 is 11.6 Å². The lowest BCUT2D eigenvalue weighted by Crippen LogP contribution is -2.35. The molecule has 8 heteroatoms. The molecule has 1 amide bonds. The number of carbonyl (C=O) groups excluding carboxylic acids is 1. The number of nitrogens with zero attached hydrogens (tertiary/aromatic N) is 2. The highest BCUT2D eigenvalue weighted by Gasteiger charge is 2.28. The number of para-hydroxylation sites is 1. The molecule has 0 fully saturated rings. The van der Waals surface area contributed by atoms with E-state index in [-0.39, 0.29) is 10.8 Å². The van der Waals surface area contributed by atoms with Crippen molar-refractivity contribution in [2.45, 2.75) is 17.7 Å². The van der Waals surface area contributed by atoms with Crippen molar-refractivity contribution >= 4 is 39.0 Å². The lowest BCUT2D eigenvalue weighted by molar-refractivity contribution is 0.102. The Labute approximate surface area is 174 Å². The molecule has 3 aromatic rings. The fraction of sp³-hybridized carbons (Fsp3) is 0.143. The molecule has 29 heavy (non-hydrogen) atoms. The van der Waals surface area contributed by atoms with E-state index in [1.807, 2.05) is 24.3 Å². The monoisotopic (exact) mass is 427 g/mol. The molecule has 0 spiro atoms. The Morgan fingerprint density at radius 2 is 1.79 bits per heavy atom. The predicted molar refractivity (Wildman–Crippen MR) is 113 cm³/mol. The van der Waals surface area contributed by atoms with Crippen molar-refractivity contribution in [2.24, 2.45) is 0 Å². The second kappa shape index (κ2) is 7.85. The topological polar surface area (TPSA) is 79.4 Å². The Balaban J connectivity index is 1.56. The molecule has 2 heterocycles. The van der Waals surface area contributed by atoms with E-state index in [0.29, 0.717) is 22.9 Å². The summed E-state index contributed by atoms with van der Waals surface area (Å²) in [4.78, 5) is 16.5. The van der Waals surface area contributed by atoms with Gasteiger partial charge >= 0.3 is 0 Å². The number of anilines is 2. The zero-order valence-electron chi connectivity index (χ0n) is 15.4. The van der Waals surface area contributed by atoms with E-state index < -0.39 is 10.0 Å². The van der Waals surface area contributed by atoms with Crippen LogP contribution in [0.5, 0.6) is 0 Å². The summed E-state index contributed by atoms with van der Waals surface area (Å²) >= 11 is 5.78. The number of halogens is 1. The number of amides is 1. The zero-order valence-corrected chi connectivity index (χ0v) is 16.9. The molecule has 0 atom stereocenters. The molecule has 0 radical (unpaired) electrons. The van der Waals surface area contributed by atoms with E-state index in [9.17, 15) is 13.2 Å². The second-order valence-electron chi connectivity index (χ2n) is 6.65. The number of hydrogen-bond donors (Lipinski definition) is 1. The van der Waals surface area contributed by atoms with Gasteiger partial charge in [-0.25, -0.2) is 13.4 Å². The van der Waals surface area contributed by atoms with Crippen molar-refractivity contribution in [1.82, 2.24) is 4.98 Å². The van der Waals surface area contributed by atoms with Crippen LogP contribution in [-0.4, -0.2) is 25.9 Å². The first-order valence-corrected chi connectivity index (χ1v) is 10.9. The van der Waals surface area contributed by atoms with Gasteiger partial charge in [0.05, 0.1) is 15.6 Å². The molecule has 0 aliphatic carbocycles. The average Bonchev–Trinajstić information content (AvgIpc) is 2.75. The minimum absolute atomic E-state index is 0.148. The summed E-state index contributed by atoms with van der Waals surface area (Å²) in [5, 5.41) is 3.12. The van der Waals surface area contributed by atoms with Gasteiger partial charge < -0.3 is 5.32 Å². The van der Waals surface area contributed by atoms with Crippen LogP contribution in [0.15, 0.2) is 71.8 Å². The smallest absolute Gasteiger partial charge is 0.264 e. The summed E-state index contributed by atoms with van der Waals surface area (Å²) < 4.78 is 27.8. The third kappa shape index (κ3) is 3.97. The average molecular weight is 428 g/mol. The molecule has 0 unspecified atom stereocenters. The number of nitrogens with one attached hydrogen (secondary N) is 1. The van der Waals surface area contributed by atoms with E-state index in [0.717, 1.165) is 24.1 Å². The van der Waals surface area contributed by atoms with Crippen molar-refractivity contribution in [2.75, 3.05) is 16.2 Å². The molecule has 6 nitrogen and oxygen atoms in total. The maximum atomic E-state index is 13.2. The molecule has 0 saturated carbocycles. The van der Waals surface area contributed by atoms with Crippen molar-refractivity contribution in [1.29, 1.82) is 0 Å². The van der Waals surface area contributed by atoms with E-state index in [2.05, 4.69) is 10.3 Å². The third-order valence-electron chi connectivity index (χ3n) is 4.74. The molecule has 1 aromatic heterocycles.